The molecular weight excluding hydrogens is 656 g/mol. The number of nitrogen functional groups attached to an aromatic ring is 2. The van der Waals surface area contributed by atoms with E-state index in [0.29, 0.717) is 0 Å². The Morgan fingerprint density at radius 2 is 1.47 bits per heavy atom. The Morgan fingerprint density at radius 1 is 0.844 bits per heavy atom. The molecule has 25 heteroatoms. The number of hydrogen-bond acceptors (Lipinski definition) is 16. The zero-order valence-electron chi connectivity index (χ0n) is 22.3. The van der Waals surface area contributed by atoms with Crippen LogP contribution in [0, 0.1) is 0 Å². The normalized spacial score (nSPS) is 37.7. The number of phosphoric ester groups is 2. The van der Waals surface area contributed by atoms with Gasteiger partial charge in [-0.2, -0.15) is 4.98 Å². The Kier molecular flexibility index (Phi) is 7.24. The quantitative estimate of drug-likeness (QED) is 0.169. The summed E-state index contributed by atoms with van der Waals surface area (Å²) >= 11 is 0. The van der Waals surface area contributed by atoms with Crippen molar-refractivity contribution in [2.45, 2.75) is 49.2 Å². The lowest BCUT2D eigenvalue weighted by molar-refractivity contribution is -0.0669. The van der Waals surface area contributed by atoms with Gasteiger partial charge < -0.3 is 30.7 Å². The summed E-state index contributed by atoms with van der Waals surface area (Å²) in [6.07, 6.45) is -11.8. The number of nitrogens with two attached hydrogens (primary N) is 2. The highest BCUT2D eigenvalue weighted by molar-refractivity contribution is 7.47. The smallest absolute Gasteiger partial charge is 0.382 e. The molecule has 45 heavy (non-hydrogen) atoms. The number of fused-ring (bicyclic) bond motifs is 5. The number of rotatable bonds is 2. The summed E-state index contributed by atoms with van der Waals surface area (Å²) < 4.78 is 91.3. The predicted molar refractivity (Wildman–Crippen MR) is 141 cm³/mol. The Balaban J connectivity index is 1.21. The highest BCUT2D eigenvalue weighted by atomic mass is 31.2. The molecule has 21 nitrogen and oxygen atoms in total. The highest BCUT2D eigenvalue weighted by Gasteiger charge is 2.55. The Bertz CT molecular complexity index is 1940. The summed E-state index contributed by atoms with van der Waals surface area (Å²) in [6, 6.07) is 0. The molecule has 7 rings (SSSR count). The topological polar surface area (TPSA) is 289 Å². The summed E-state index contributed by atoms with van der Waals surface area (Å²) in [6.45, 7) is -1.93. The van der Waals surface area contributed by atoms with Crippen LogP contribution >= 0.6 is 15.6 Å². The Morgan fingerprint density at radius 3 is 2.20 bits per heavy atom. The van der Waals surface area contributed by atoms with Crippen LogP contribution in [0.15, 0.2) is 23.8 Å². The van der Waals surface area contributed by atoms with Crippen molar-refractivity contribution in [2.24, 2.45) is 0 Å². The van der Waals surface area contributed by atoms with E-state index >= 15 is 8.78 Å². The van der Waals surface area contributed by atoms with Gasteiger partial charge in [-0.15, -0.1) is 0 Å². The lowest BCUT2D eigenvalue weighted by Crippen LogP contribution is -2.34. The molecule has 0 spiro atoms. The van der Waals surface area contributed by atoms with Crippen molar-refractivity contribution in [1.29, 1.82) is 0 Å². The second-order valence-electron chi connectivity index (χ2n) is 10.0. The van der Waals surface area contributed by atoms with Gasteiger partial charge in [-0.3, -0.25) is 37.0 Å². The van der Waals surface area contributed by atoms with E-state index in [2.05, 4.69) is 29.9 Å². The van der Waals surface area contributed by atoms with Crippen LogP contribution in [-0.2, 0) is 36.7 Å². The van der Waals surface area contributed by atoms with Crippen LogP contribution in [-0.4, -0.2) is 98.8 Å². The van der Waals surface area contributed by atoms with E-state index in [1.807, 2.05) is 0 Å². The molecule has 0 radical (unpaired) electrons. The minimum atomic E-state index is -5.21. The van der Waals surface area contributed by atoms with Crippen molar-refractivity contribution < 1.29 is 55.3 Å². The third-order valence-corrected chi connectivity index (χ3v) is 9.20. The fraction of sp³-hybridized carbons (Fsp3) is 0.500. The number of hydrogen-bond donors (Lipinski definition) is 5. The molecule has 3 aliphatic heterocycles. The first-order valence-electron chi connectivity index (χ1n) is 12.9. The standard InChI is InChI=1S/C20H22F2N10O11P2/c21-8-6-1-38-44(34,35)42-12-7(41-18(9(12)22)32-5-28-11-16(32)29-20(24)30-17(11)33)2-39-45(36,37)43-13(8)19(40-6)31-4-27-10-14(23)25-3-26-15(10)31/h3-9,12-13,18-19H,1-2H2,(H,34,35)(H,36,37)(H2,23,25,26)(H3,24,29,30,33)/t6-,7-,8-,9-,12-,13-,18-,19-/m0/s1. The molecule has 2 unspecified atom stereocenters. The van der Waals surface area contributed by atoms with Gasteiger partial charge in [0.2, 0.25) is 5.95 Å². The minimum Gasteiger partial charge on any atom is -0.382 e. The Labute approximate surface area is 247 Å². The fourth-order valence-electron chi connectivity index (χ4n) is 5.23. The zero-order chi connectivity index (χ0) is 31.8. The average molecular weight is 678 g/mol. The van der Waals surface area contributed by atoms with Gasteiger partial charge in [0.1, 0.15) is 36.3 Å². The average Bonchev–Trinajstić information content (AvgIpc) is 3.72. The number of nitrogens with zero attached hydrogens (tertiary/aromatic N) is 7. The molecule has 10 atom stereocenters. The second kappa shape index (κ2) is 10.8. The monoisotopic (exact) mass is 678 g/mol. The van der Waals surface area contributed by atoms with Gasteiger partial charge in [-0.05, 0) is 0 Å². The van der Waals surface area contributed by atoms with Crippen LogP contribution in [0.2, 0.25) is 0 Å². The number of ether oxygens (including phenoxy) is 2. The van der Waals surface area contributed by atoms with Gasteiger partial charge >= 0.3 is 15.6 Å². The van der Waals surface area contributed by atoms with E-state index in [4.69, 9.17) is 39.0 Å². The molecule has 7 heterocycles. The molecule has 2 bridgehead atoms. The van der Waals surface area contributed by atoms with Crippen LogP contribution in [0.3, 0.4) is 0 Å². The number of alkyl halides is 2. The zero-order valence-corrected chi connectivity index (χ0v) is 24.1. The maximum atomic E-state index is 15.9. The number of anilines is 2. The maximum Gasteiger partial charge on any atom is 0.472 e. The molecule has 4 aromatic heterocycles. The van der Waals surface area contributed by atoms with Crippen molar-refractivity contribution in [2.75, 3.05) is 24.7 Å². The third kappa shape index (κ3) is 5.29. The third-order valence-electron chi connectivity index (χ3n) is 7.23. The molecule has 0 saturated carbocycles. The van der Waals surface area contributed by atoms with Gasteiger partial charge in [-0.25, -0.2) is 37.8 Å². The molecule has 0 aliphatic carbocycles. The SMILES string of the molecule is Nc1nc2c(ncn2[C@H]2O[C@H]3COP(=O)(O)O[C@H]4[C@@H](F)[C@H](COP(=O)(O)O[C@@H]3[C@@H]2F)O[C@@H]4n2cnc3c(N)ncnc32)c(=O)[nH]1. The summed E-state index contributed by atoms with van der Waals surface area (Å²) in [5.41, 5.74) is 10.4. The van der Waals surface area contributed by atoms with Gasteiger partial charge in [0.15, 0.2) is 47.4 Å². The number of nitrogens with one attached hydrogen (secondary N) is 1. The first kappa shape index (κ1) is 30.2. The van der Waals surface area contributed by atoms with Crippen molar-refractivity contribution in [3.8, 4) is 0 Å². The number of halogens is 2. The molecule has 3 fully saturated rings. The number of aromatic amines is 1. The lowest BCUT2D eigenvalue weighted by atomic mass is 10.1. The van der Waals surface area contributed by atoms with Crippen LogP contribution < -0.4 is 17.0 Å². The van der Waals surface area contributed by atoms with Crippen molar-refractivity contribution in [3.63, 3.8) is 0 Å². The Hall–Kier alpha value is -3.50. The lowest BCUT2D eigenvalue weighted by Gasteiger charge is -2.25. The van der Waals surface area contributed by atoms with Crippen molar-refractivity contribution in [3.05, 3.63) is 29.3 Å². The molecular formula is C20H22F2N10O11P2. The predicted octanol–water partition coefficient (Wildman–Crippen LogP) is -0.387. The van der Waals surface area contributed by atoms with Crippen LogP contribution in [0.25, 0.3) is 22.3 Å². The first-order valence-corrected chi connectivity index (χ1v) is 15.9. The largest absolute Gasteiger partial charge is 0.472 e. The molecule has 0 aromatic carbocycles. The van der Waals surface area contributed by atoms with Crippen LogP contribution in [0.4, 0.5) is 20.5 Å². The fourth-order valence-corrected chi connectivity index (χ4v) is 7.11. The summed E-state index contributed by atoms with van der Waals surface area (Å²) in [4.78, 5) is 55.2. The molecule has 7 N–H and O–H groups in total. The number of H-pyrrole nitrogens is 1. The van der Waals surface area contributed by atoms with Crippen LogP contribution in [0.5, 0.6) is 0 Å². The van der Waals surface area contributed by atoms with Crippen molar-refractivity contribution >= 4 is 49.7 Å². The molecule has 4 aromatic rings. The van der Waals surface area contributed by atoms with Gasteiger partial charge in [0.25, 0.3) is 5.56 Å². The summed E-state index contributed by atoms with van der Waals surface area (Å²) in [7, 11) is -10.4. The van der Waals surface area contributed by atoms with E-state index in [1.54, 1.807) is 0 Å². The summed E-state index contributed by atoms with van der Waals surface area (Å²) in [5.74, 6) is -0.342. The van der Waals surface area contributed by atoms with Gasteiger partial charge in [0.05, 0.1) is 25.9 Å². The van der Waals surface area contributed by atoms with E-state index in [-0.39, 0.29) is 34.1 Å². The molecule has 0 amide bonds. The van der Waals surface area contributed by atoms with E-state index in [1.165, 1.54) is 0 Å². The van der Waals surface area contributed by atoms with E-state index in [0.717, 1.165) is 28.1 Å². The molecule has 3 saturated heterocycles. The number of imidazole rings is 2. The summed E-state index contributed by atoms with van der Waals surface area (Å²) in [5, 5.41) is 0. The van der Waals surface area contributed by atoms with E-state index in [9.17, 15) is 23.7 Å². The van der Waals surface area contributed by atoms with Crippen molar-refractivity contribution in [1.82, 2.24) is 39.0 Å². The van der Waals surface area contributed by atoms with Gasteiger partial charge in [-0.1, -0.05) is 0 Å². The number of aromatic nitrogens is 8. The molecule has 3 aliphatic rings. The minimum absolute atomic E-state index is 0.0205. The number of phosphoric acid groups is 2. The van der Waals surface area contributed by atoms with Crippen LogP contribution in [0.1, 0.15) is 12.5 Å². The molecule has 242 valence electrons. The first-order chi connectivity index (χ1) is 21.3. The van der Waals surface area contributed by atoms with Gasteiger partial charge in [0, 0.05) is 0 Å². The maximum absolute atomic E-state index is 15.9. The van der Waals surface area contributed by atoms with E-state index < -0.39 is 83.6 Å². The second-order valence-corrected chi connectivity index (χ2v) is 12.9. The highest BCUT2D eigenvalue weighted by Crippen LogP contribution is 2.54.